The molecule has 2 aliphatic rings. The summed E-state index contributed by atoms with van der Waals surface area (Å²) in [7, 11) is -1.43. The zero-order valence-electron chi connectivity index (χ0n) is 7.48. The first kappa shape index (κ1) is 10.2. The molecule has 76 valence electrons. The van der Waals surface area contributed by atoms with Crippen LogP contribution in [0.2, 0.25) is 0 Å². The first-order valence-electron chi connectivity index (χ1n) is 4.52. The monoisotopic (exact) mass is 224 g/mol. The average Bonchev–Trinajstić information content (AvgIpc) is 2.21. The summed E-state index contributed by atoms with van der Waals surface area (Å²) in [6.07, 6.45) is 2.02. The third-order valence-corrected chi connectivity index (χ3v) is 5.48. The second kappa shape index (κ2) is 5.55. The minimum absolute atomic E-state index is 0.716. The van der Waals surface area contributed by atoms with Gasteiger partial charge in [0, 0.05) is 0 Å². The van der Waals surface area contributed by atoms with Gasteiger partial charge in [-0.2, -0.15) is 0 Å². The van der Waals surface area contributed by atoms with Crippen molar-refractivity contribution in [1.82, 2.24) is 0 Å². The van der Waals surface area contributed by atoms with Gasteiger partial charge in [0.15, 0.2) is 16.8 Å². The molecule has 2 fully saturated rings. The van der Waals surface area contributed by atoms with Gasteiger partial charge in [0.25, 0.3) is 0 Å². The van der Waals surface area contributed by atoms with Crippen LogP contribution in [0.4, 0.5) is 0 Å². The van der Waals surface area contributed by atoms with Gasteiger partial charge in [0.2, 0.25) is 0 Å². The van der Waals surface area contributed by atoms with Gasteiger partial charge in [-0.15, -0.1) is 0 Å². The van der Waals surface area contributed by atoms with E-state index in [0.29, 0.717) is 0 Å². The molecule has 2 heterocycles. The van der Waals surface area contributed by atoms with Gasteiger partial charge in [0.1, 0.15) is 0 Å². The molecular weight excluding hydrogens is 210 g/mol. The van der Waals surface area contributed by atoms with Gasteiger partial charge < -0.3 is 18.1 Å². The Morgan fingerprint density at radius 2 is 1.08 bits per heavy atom. The third-order valence-electron chi connectivity index (χ3n) is 1.75. The second-order valence-corrected chi connectivity index (χ2v) is 6.34. The Morgan fingerprint density at radius 3 is 1.46 bits per heavy atom. The zero-order chi connectivity index (χ0) is 8.93. The predicted octanol–water partition coefficient (Wildman–Crippen LogP) is 2.44. The summed E-state index contributed by atoms with van der Waals surface area (Å²) >= 11 is 0. The van der Waals surface area contributed by atoms with E-state index in [1.807, 2.05) is 0 Å². The van der Waals surface area contributed by atoms with Crippen molar-refractivity contribution in [1.29, 1.82) is 0 Å². The van der Waals surface area contributed by atoms with Gasteiger partial charge in [-0.05, 0) is 12.8 Å². The van der Waals surface area contributed by atoms with Crippen molar-refractivity contribution in [3.8, 4) is 0 Å². The van der Waals surface area contributed by atoms with E-state index in [9.17, 15) is 0 Å². The van der Waals surface area contributed by atoms with E-state index in [1.165, 1.54) is 0 Å². The Morgan fingerprint density at radius 1 is 0.692 bits per heavy atom. The minimum atomic E-state index is -0.716. The normalized spacial score (nSPS) is 27.7. The van der Waals surface area contributed by atoms with Crippen LogP contribution in [0.1, 0.15) is 12.8 Å². The molecule has 0 aromatic heterocycles. The van der Waals surface area contributed by atoms with Crippen LogP contribution in [0.3, 0.4) is 0 Å². The van der Waals surface area contributed by atoms with Crippen LogP contribution >= 0.6 is 16.8 Å². The zero-order valence-corrected chi connectivity index (χ0v) is 9.27. The topological polar surface area (TPSA) is 36.9 Å². The molecule has 0 saturated carbocycles. The Labute approximate surface area is 80.7 Å². The standard InChI is InChI=1S/C7H14O4P2/c1-3-8-12(9-4-1)7-13-10-5-2-6-11-13/h1-7H2. The SMILES string of the molecule is C1COP(CP2OCCCO2)OC1. The van der Waals surface area contributed by atoms with E-state index < -0.39 is 16.8 Å². The molecule has 0 aromatic carbocycles. The molecule has 0 aliphatic carbocycles. The predicted molar refractivity (Wildman–Crippen MR) is 51.7 cm³/mol. The third kappa shape index (κ3) is 3.39. The van der Waals surface area contributed by atoms with Crippen LogP contribution in [-0.2, 0) is 18.1 Å². The summed E-state index contributed by atoms with van der Waals surface area (Å²) in [6.45, 7) is 3.31. The lowest BCUT2D eigenvalue weighted by atomic mass is 10.5. The van der Waals surface area contributed by atoms with Gasteiger partial charge >= 0.3 is 0 Å². The Bertz CT molecular complexity index is 129. The van der Waals surface area contributed by atoms with Crippen LogP contribution in [0.15, 0.2) is 0 Å². The highest BCUT2D eigenvalue weighted by Crippen LogP contribution is 2.55. The fourth-order valence-electron chi connectivity index (χ4n) is 1.12. The quantitative estimate of drug-likeness (QED) is 0.675. The first-order chi connectivity index (χ1) is 6.45. The fourth-order valence-corrected chi connectivity index (χ4v) is 4.66. The van der Waals surface area contributed by atoms with Gasteiger partial charge in [-0.25, -0.2) is 0 Å². The van der Waals surface area contributed by atoms with Crippen LogP contribution < -0.4 is 0 Å². The lowest BCUT2D eigenvalue weighted by molar-refractivity contribution is 0.172. The van der Waals surface area contributed by atoms with Crippen LogP contribution in [0, 0.1) is 0 Å². The molecule has 0 bridgehead atoms. The number of hydrogen-bond donors (Lipinski definition) is 0. The van der Waals surface area contributed by atoms with E-state index >= 15 is 0 Å². The van der Waals surface area contributed by atoms with E-state index in [2.05, 4.69) is 0 Å². The highest BCUT2D eigenvalue weighted by Gasteiger charge is 2.24. The summed E-state index contributed by atoms with van der Waals surface area (Å²) in [5, 5.41) is 0. The minimum Gasteiger partial charge on any atom is -0.334 e. The van der Waals surface area contributed by atoms with E-state index in [4.69, 9.17) is 18.1 Å². The fraction of sp³-hybridized carbons (Fsp3) is 1.00. The van der Waals surface area contributed by atoms with E-state index in [0.717, 1.165) is 45.2 Å². The number of hydrogen-bond acceptors (Lipinski definition) is 4. The maximum absolute atomic E-state index is 5.48. The highest BCUT2D eigenvalue weighted by molar-refractivity contribution is 7.65. The Balaban J connectivity index is 1.69. The Hall–Kier alpha value is 0.700. The molecule has 0 atom stereocenters. The molecule has 0 unspecified atom stereocenters. The molecule has 0 amide bonds. The summed E-state index contributed by atoms with van der Waals surface area (Å²) < 4.78 is 21.9. The molecule has 13 heavy (non-hydrogen) atoms. The summed E-state index contributed by atoms with van der Waals surface area (Å²) in [4.78, 5) is 0. The van der Waals surface area contributed by atoms with Crippen LogP contribution in [0.25, 0.3) is 0 Å². The molecular formula is C7H14O4P2. The smallest absolute Gasteiger partial charge is 0.179 e. The Kier molecular flexibility index (Phi) is 4.36. The summed E-state index contributed by atoms with van der Waals surface area (Å²) in [5.74, 6) is 0.824. The van der Waals surface area contributed by atoms with Crippen LogP contribution in [-0.4, -0.2) is 32.3 Å². The lowest BCUT2D eigenvalue weighted by Gasteiger charge is -2.27. The highest BCUT2D eigenvalue weighted by atomic mass is 31.2. The molecule has 2 rings (SSSR count). The lowest BCUT2D eigenvalue weighted by Crippen LogP contribution is -2.10. The molecule has 6 heteroatoms. The molecule has 0 N–H and O–H groups in total. The van der Waals surface area contributed by atoms with Gasteiger partial charge in [0.05, 0.1) is 32.3 Å². The average molecular weight is 224 g/mol. The number of rotatable bonds is 2. The van der Waals surface area contributed by atoms with Gasteiger partial charge in [-0.1, -0.05) is 0 Å². The second-order valence-electron chi connectivity index (χ2n) is 2.85. The molecule has 0 aromatic rings. The molecule has 0 spiro atoms. The maximum atomic E-state index is 5.48. The first-order valence-corrected chi connectivity index (χ1v) is 7.24. The maximum Gasteiger partial charge on any atom is 0.179 e. The summed E-state index contributed by atoms with van der Waals surface area (Å²) in [5.41, 5.74) is 0. The summed E-state index contributed by atoms with van der Waals surface area (Å²) in [6, 6.07) is 0. The van der Waals surface area contributed by atoms with E-state index in [1.54, 1.807) is 0 Å². The van der Waals surface area contributed by atoms with Gasteiger partial charge in [-0.3, -0.25) is 0 Å². The van der Waals surface area contributed by atoms with Crippen molar-refractivity contribution < 1.29 is 18.1 Å². The van der Waals surface area contributed by atoms with E-state index in [-0.39, 0.29) is 0 Å². The molecule has 0 radical (unpaired) electrons. The molecule has 2 aliphatic heterocycles. The van der Waals surface area contributed by atoms with Crippen molar-refractivity contribution >= 4 is 16.8 Å². The van der Waals surface area contributed by atoms with Crippen molar-refractivity contribution in [2.75, 3.05) is 32.3 Å². The molecule has 2 saturated heterocycles. The van der Waals surface area contributed by atoms with Crippen molar-refractivity contribution in [2.45, 2.75) is 12.8 Å². The van der Waals surface area contributed by atoms with Crippen molar-refractivity contribution in [3.05, 3.63) is 0 Å². The molecule has 4 nitrogen and oxygen atoms in total. The van der Waals surface area contributed by atoms with Crippen LogP contribution in [0.5, 0.6) is 0 Å². The van der Waals surface area contributed by atoms with Crippen molar-refractivity contribution in [3.63, 3.8) is 0 Å². The largest absolute Gasteiger partial charge is 0.334 e. The van der Waals surface area contributed by atoms with Crippen molar-refractivity contribution in [2.24, 2.45) is 0 Å².